The topological polar surface area (TPSA) is 132 Å². The number of aliphatic hydroxyl groups excluding tert-OH is 1. The van der Waals surface area contributed by atoms with Gasteiger partial charge in [-0.05, 0) is 74.3 Å². The van der Waals surface area contributed by atoms with Gasteiger partial charge >= 0.3 is 6.09 Å². The second-order valence-corrected chi connectivity index (χ2v) is 16.6. The Kier molecular flexibility index (Phi) is 10.8. The van der Waals surface area contributed by atoms with Crippen molar-refractivity contribution in [3.63, 3.8) is 0 Å². The summed E-state index contributed by atoms with van der Waals surface area (Å²) in [5.74, 6) is 2.02. The maximum absolute atomic E-state index is 14.6. The predicted molar refractivity (Wildman–Crippen MR) is 221 cm³/mol. The number of alkyl carbamates (subject to hydrolysis) is 1. The van der Waals surface area contributed by atoms with Crippen molar-refractivity contribution in [3.8, 4) is 11.5 Å². The first-order chi connectivity index (χ1) is 28.0. The molecule has 11 heteroatoms. The van der Waals surface area contributed by atoms with Crippen LogP contribution in [0.1, 0.15) is 102 Å². The van der Waals surface area contributed by atoms with Gasteiger partial charge in [0.15, 0.2) is 0 Å². The summed E-state index contributed by atoms with van der Waals surface area (Å²) in [4.78, 5) is 31.8. The quantitative estimate of drug-likeness (QED) is 0.126. The molecule has 0 atom stereocenters. The third-order valence-electron chi connectivity index (χ3n) is 13.0. The first-order valence-electron chi connectivity index (χ1n) is 21.5. The van der Waals surface area contributed by atoms with E-state index in [4.69, 9.17) is 20.3 Å². The van der Waals surface area contributed by atoms with Crippen LogP contribution in [0.25, 0.3) is 5.57 Å². The van der Waals surface area contributed by atoms with Crippen molar-refractivity contribution < 1.29 is 24.2 Å². The molecule has 9 rings (SSSR count). The zero-order valence-corrected chi connectivity index (χ0v) is 33.2. The Bertz CT molecular complexity index is 2220. The minimum atomic E-state index is -0.390. The van der Waals surface area contributed by atoms with Crippen molar-refractivity contribution in [1.82, 2.24) is 20.1 Å². The van der Waals surface area contributed by atoms with Gasteiger partial charge in [0.05, 0.1) is 17.9 Å². The summed E-state index contributed by atoms with van der Waals surface area (Å²) in [7, 11) is 0. The number of amides is 2. The van der Waals surface area contributed by atoms with Crippen molar-refractivity contribution in [1.29, 1.82) is 0 Å². The van der Waals surface area contributed by atoms with Crippen molar-refractivity contribution in [3.05, 3.63) is 97.8 Å². The molecule has 3 aromatic rings. The van der Waals surface area contributed by atoms with Crippen molar-refractivity contribution in [2.45, 2.75) is 89.6 Å². The number of fused-ring (bicyclic) bond motifs is 4. The number of piperidine rings is 1. The molecule has 6 aliphatic rings. The Balaban J connectivity index is 0.933. The molecule has 0 radical (unpaired) electrons. The lowest BCUT2D eigenvalue weighted by Crippen LogP contribution is -2.43. The zero-order chi connectivity index (χ0) is 38.9. The number of anilines is 1. The van der Waals surface area contributed by atoms with Gasteiger partial charge in [-0.3, -0.25) is 4.79 Å². The number of carbonyl (C=O) groups excluding carboxylic acids is 2. The number of benzene rings is 3. The maximum atomic E-state index is 14.6. The van der Waals surface area contributed by atoms with Gasteiger partial charge in [-0.25, -0.2) is 9.37 Å². The fourth-order valence-corrected chi connectivity index (χ4v) is 10.2. The number of aryl methyl sites for hydroxylation is 2. The van der Waals surface area contributed by atoms with E-state index in [0.717, 1.165) is 137 Å². The van der Waals surface area contributed by atoms with Crippen LogP contribution in [0.2, 0.25) is 0 Å². The second-order valence-electron chi connectivity index (χ2n) is 16.6. The minimum absolute atomic E-state index is 0.0246. The molecule has 5 N–H and O–H groups in total. The smallest absolute Gasteiger partial charge is 0.407 e. The highest BCUT2D eigenvalue weighted by Gasteiger charge is 2.37. The highest BCUT2D eigenvalue weighted by Crippen LogP contribution is 2.48. The molecule has 0 aromatic heterocycles. The van der Waals surface area contributed by atoms with Crippen LogP contribution in [0, 0.1) is 0 Å². The molecule has 2 amide bonds. The minimum Gasteiger partial charge on any atom is -0.455 e. The monoisotopic (exact) mass is 773 g/mol. The number of nitrogens with two attached hydrogens (primary N) is 1. The number of rotatable bonds is 12. The molecule has 0 unspecified atom stereocenters. The Labute approximate surface area is 335 Å². The number of nitrogens with zero attached hydrogens (tertiary/aromatic N) is 3. The van der Waals surface area contributed by atoms with Crippen LogP contribution in [-0.4, -0.2) is 87.1 Å². The molecule has 0 aliphatic carbocycles. The molecule has 0 saturated carbocycles. The van der Waals surface area contributed by atoms with E-state index < -0.39 is 6.09 Å². The lowest BCUT2D eigenvalue weighted by atomic mass is 9.82. The standard InChI is InChI=1S/C46H56N6O5/c47-28-32(29-53)48-18-5-1-2-6-19-49-46(55)56-33-15-23-52(24-16-33)45(54)35-13-4-3-12-34(35)40-38-26-30-10-7-20-50-22-9-14-36(41(30)50)43(38)57-44-37-17-25-51-21-8-11-31(42(37)51)27-39(40)44/h3-4,12-13,26-28,33,47,53H,1-2,5-11,14-25,29H2,(H2,49,54,55)/p+1. The van der Waals surface area contributed by atoms with E-state index in [1.807, 2.05) is 17.0 Å². The van der Waals surface area contributed by atoms with E-state index in [1.54, 1.807) is 0 Å². The third-order valence-corrected chi connectivity index (χ3v) is 13.0. The van der Waals surface area contributed by atoms with Gasteiger partial charge < -0.3 is 40.7 Å². The first-order valence-corrected chi connectivity index (χ1v) is 21.5. The van der Waals surface area contributed by atoms with Crippen LogP contribution < -0.4 is 41.2 Å². The summed E-state index contributed by atoms with van der Waals surface area (Å²) in [6, 6.07) is 13.0. The average Bonchev–Trinajstić information content (AvgIpc) is 3.69. The van der Waals surface area contributed by atoms with Gasteiger partial charge in [0, 0.05) is 110 Å². The number of aliphatic hydroxyl groups is 1. The Morgan fingerprint density at radius 2 is 1.63 bits per heavy atom. The van der Waals surface area contributed by atoms with Gasteiger partial charge in [0.1, 0.15) is 30.7 Å². The summed E-state index contributed by atoms with van der Waals surface area (Å²) in [5.41, 5.74) is 16.9. The van der Waals surface area contributed by atoms with Gasteiger partial charge in [0.25, 0.3) is 5.91 Å². The molecular formula is C46H57N6O5+. The molecule has 11 nitrogen and oxygen atoms in total. The van der Waals surface area contributed by atoms with Crippen LogP contribution >= 0.6 is 0 Å². The highest BCUT2D eigenvalue weighted by molar-refractivity contribution is 6.02. The summed E-state index contributed by atoms with van der Waals surface area (Å²) in [6.45, 7) is 6.63. The van der Waals surface area contributed by atoms with Crippen LogP contribution in [-0.2, 0) is 30.4 Å². The van der Waals surface area contributed by atoms with Crippen LogP contribution in [0.3, 0.4) is 0 Å². The highest BCUT2D eigenvalue weighted by atomic mass is 16.6. The van der Waals surface area contributed by atoms with Gasteiger partial charge in [-0.1, -0.05) is 31.0 Å². The van der Waals surface area contributed by atoms with Crippen molar-refractivity contribution in [2.75, 3.05) is 63.9 Å². The van der Waals surface area contributed by atoms with E-state index in [0.29, 0.717) is 43.7 Å². The number of ether oxygens (including phenoxy) is 2. The van der Waals surface area contributed by atoms with Gasteiger partial charge in [-0.2, -0.15) is 0 Å². The molecule has 6 heterocycles. The van der Waals surface area contributed by atoms with Crippen LogP contribution in [0.4, 0.5) is 10.5 Å². The molecule has 1 saturated heterocycles. The summed E-state index contributed by atoms with van der Waals surface area (Å²) in [5, 5.41) is 17.7. The van der Waals surface area contributed by atoms with Gasteiger partial charge in [-0.15, -0.1) is 0 Å². The van der Waals surface area contributed by atoms with E-state index in [1.165, 1.54) is 39.5 Å². The molecule has 0 spiro atoms. The summed E-state index contributed by atoms with van der Waals surface area (Å²) < 4.78 is 15.6. The lowest BCUT2D eigenvalue weighted by molar-refractivity contribution is 0.0424. The SMILES string of the molecule is N/C=C(/CO)NCCCCCCNC(=O)OC1CCN(C(=O)c2ccccc2C2=c3cc4c5c(c3Oc3c2cc2c6c3CCCN6CCC2)CC[N+]=5CCC4)CC1. The number of unbranched alkanes of at least 4 members (excludes halogenated alkanes) is 3. The van der Waals surface area contributed by atoms with E-state index in [2.05, 4.69) is 44.4 Å². The summed E-state index contributed by atoms with van der Waals surface area (Å²) in [6.07, 6.45) is 13.4. The second kappa shape index (κ2) is 16.4. The predicted octanol–water partition coefficient (Wildman–Crippen LogP) is 4.01. The molecule has 57 heavy (non-hydrogen) atoms. The first kappa shape index (κ1) is 37.5. The van der Waals surface area contributed by atoms with Crippen LogP contribution in [0.15, 0.2) is 48.3 Å². The summed E-state index contributed by atoms with van der Waals surface area (Å²) >= 11 is 0. The van der Waals surface area contributed by atoms with E-state index >= 15 is 0 Å². The van der Waals surface area contributed by atoms with Gasteiger partial charge in [0.2, 0.25) is 5.36 Å². The third kappa shape index (κ3) is 7.24. The lowest BCUT2D eigenvalue weighted by Gasteiger charge is -2.39. The molecule has 300 valence electrons. The zero-order valence-electron chi connectivity index (χ0n) is 33.2. The van der Waals surface area contributed by atoms with Crippen molar-refractivity contribution in [2.24, 2.45) is 5.73 Å². The Hall–Kier alpha value is -5.03. The number of hydrogen-bond donors (Lipinski definition) is 4. The molecule has 0 bridgehead atoms. The maximum Gasteiger partial charge on any atom is 0.407 e. The van der Waals surface area contributed by atoms with Crippen LogP contribution in [0.5, 0.6) is 11.5 Å². The molecule has 3 aromatic carbocycles. The largest absolute Gasteiger partial charge is 0.455 e. The Morgan fingerprint density at radius 1 is 0.860 bits per heavy atom. The van der Waals surface area contributed by atoms with E-state index in [-0.39, 0.29) is 18.6 Å². The number of likely N-dealkylation sites (tertiary alicyclic amines) is 1. The van der Waals surface area contributed by atoms with E-state index in [9.17, 15) is 9.59 Å². The number of hydrogen-bond acceptors (Lipinski definition) is 8. The fourth-order valence-electron chi connectivity index (χ4n) is 10.2. The normalized spacial score (nSPS) is 18.3. The average molecular weight is 774 g/mol. The number of carbonyl (C=O) groups is 2. The molecular weight excluding hydrogens is 717 g/mol. The number of nitrogens with one attached hydrogen (secondary N) is 2. The molecule has 6 aliphatic heterocycles. The fraction of sp³-hybridized carbons (Fsp3) is 0.500. The Morgan fingerprint density at radius 3 is 2.44 bits per heavy atom. The van der Waals surface area contributed by atoms with Crippen molar-refractivity contribution >= 4 is 23.3 Å². The molecule has 1 fully saturated rings.